The van der Waals surface area contributed by atoms with Gasteiger partial charge in [0.25, 0.3) is 0 Å². The van der Waals surface area contributed by atoms with E-state index in [4.69, 9.17) is 0 Å². The van der Waals surface area contributed by atoms with Crippen LogP contribution in [-0.4, -0.2) is 40.1 Å². The SMILES string of the molecule is CC(C)NC(=O)N1CCCCC1(C)C(=O)O. The van der Waals surface area contributed by atoms with Gasteiger partial charge in [0.1, 0.15) is 5.54 Å². The number of carboxylic acid groups (broad SMARTS) is 1. The van der Waals surface area contributed by atoms with Crippen molar-refractivity contribution in [3.8, 4) is 0 Å². The highest BCUT2D eigenvalue weighted by molar-refractivity contribution is 5.86. The molecule has 0 saturated carbocycles. The van der Waals surface area contributed by atoms with Gasteiger partial charge in [-0.15, -0.1) is 0 Å². The topological polar surface area (TPSA) is 69.6 Å². The smallest absolute Gasteiger partial charge is 0.329 e. The van der Waals surface area contributed by atoms with Crippen molar-refractivity contribution in [2.75, 3.05) is 6.54 Å². The Balaban J connectivity index is 2.82. The van der Waals surface area contributed by atoms with Crippen LogP contribution >= 0.6 is 0 Å². The second kappa shape index (κ2) is 4.72. The van der Waals surface area contributed by atoms with Crippen LogP contribution in [-0.2, 0) is 4.79 Å². The maximum absolute atomic E-state index is 11.9. The molecule has 1 saturated heterocycles. The standard InChI is InChI=1S/C11H20N2O3/c1-8(2)12-10(16)13-7-5-4-6-11(13,3)9(14)15/h8H,4-7H2,1-3H3,(H,12,16)(H,14,15). The van der Waals surface area contributed by atoms with E-state index in [-0.39, 0.29) is 12.1 Å². The highest BCUT2D eigenvalue weighted by Gasteiger charge is 2.43. The first kappa shape index (κ1) is 12.8. The minimum atomic E-state index is -1.06. The maximum atomic E-state index is 11.9. The van der Waals surface area contributed by atoms with Crippen LogP contribution in [0.5, 0.6) is 0 Å². The van der Waals surface area contributed by atoms with Crippen LogP contribution in [0.3, 0.4) is 0 Å². The normalized spacial score (nSPS) is 25.6. The first-order valence-corrected chi connectivity index (χ1v) is 5.69. The Morgan fingerprint density at radius 2 is 2.00 bits per heavy atom. The monoisotopic (exact) mass is 228 g/mol. The minimum absolute atomic E-state index is 0.0208. The fourth-order valence-corrected chi connectivity index (χ4v) is 1.99. The van der Waals surface area contributed by atoms with E-state index in [0.717, 1.165) is 12.8 Å². The number of likely N-dealkylation sites (tertiary alicyclic amines) is 1. The number of amides is 2. The highest BCUT2D eigenvalue weighted by Crippen LogP contribution is 2.28. The minimum Gasteiger partial charge on any atom is -0.480 e. The molecule has 1 fully saturated rings. The molecule has 1 unspecified atom stereocenters. The van der Waals surface area contributed by atoms with Crippen LogP contribution in [0.4, 0.5) is 4.79 Å². The third-order valence-electron chi connectivity index (χ3n) is 3.01. The van der Waals surface area contributed by atoms with Gasteiger partial charge in [0.05, 0.1) is 0 Å². The van der Waals surface area contributed by atoms with Gasteiger partial charge >= 0.3 is 12.0 Å². The summed E-state index contributed by atoms with van der Waals surface area (Å²) in [6, 6.07) is -0.257. The molecule has 0 aromatic carbocycles. The Morgan fingerprint density at radius 1 is 1.38 bits per heavy atom. The fourth-order valence-electron chi connectivity index (χ4n) is 1.99. The fraction of sp³-hybridized carbons (Fsp3) is 0.818. The second-order valence-electron chi connectivity index (χ2n) is 4.79. The van der Waals surface area contributed by atoms with E-state index in [1.54, 1.807) is 6.92 Å². The van der Waals surface area contributed by atoms with Gasteiger partial charge in [-0.3, -0.25) is 0 Å². The number of piperidine rings is 1. The molecule has 5 heteroatoms. The number of carbonyl (C=O) groups excluding carboxylic acids is 1. The van der Waals surface area contributed by atoms with Gasteiger partial charge in [-0.05, 0) is 40.0 Å². The summed E-state index contributed by atoms with van der Waals surface area (Å²) in [5, 5.41) is 12.0. The van der Waals surface area contributed by atoms with Gasteiger partial charge in [-0.25, -0.2) is 9.59 Å². The van der Waals surface area contributed by atoms with Gasteiger partial charge in [-0.1, -0.05) is 0 Å². The summed E-state index contributed by atoms with van der Waals surface area (Å²) < 4.78 is 0. The average molecular weight is 228 g/mol. The van der Waals surface area contributed by atoms with Crippen molar-refractivity contribution in [3.05, 3.63) is 0 Å². The highest BCUT2D eigenvalue weighted by atomic mass is 16.4. The molecule has 1 aliphatic rings. The zero-order chi connectivity index (χ0) is 12.3. The summed E-state index contributed by atoms with van der Waals surface area (Å²) in [5.41, 5.74) is -1.06. The Morgan fingerprint density at radius 3 is 2.50 bits per heavy atom. The number of hydrogen-bond acceptors (Lipinski definition) is 2. The summed E-state index contributed by atoms with van der Waals surface area (Å²) in [6.45, 7) is 5.86. The molecule has 0 aromatic rings. The zero-order valence-electron chi connectivity index (χ0n) is 10.1. The van der Waals surface area contributed by atoms with Crippen molar-refractivity contribution < 1.29 is 14.7 Å². The number of nitrogens with one attached hydrogen (secondary N) is 1. The van der Waals surface area contributed by atoms with E-state index in [1.807, 2.05) is 13.8 Å². The molecule has 0 radical (unpaired) electrons. The summed E-state index contributed by atoms with van der Waals surface area (Å²) in [4.78, 5) is 24.6. The number of carboxylic acids is 1. The molecule has 1 rings (SSSR count). The molecule has 2 N–H and O–H groups in total. The Labute approximate surface area is 95.8 Å². The molecule has 16 heavy (non-hydrogen) atoms. The van der Waals surface area contributed by atoms with Gasteiger partial charge in [0.15, 0.2) is 0 Å². The van der Waals surface area contributed by atoms with E-state index in [0.29, 0.717) is 13.0 Å². The van der Waals surface area contributed by atoms with Gasteiger partial charge < -0.3 is 15.3 Å². The lowest BCUT2D eigenvalue weighted by atomic mass is 9.89. The Bertz CT molecular complexity index is 291. The van der Waals surface area contributed by atoms with Crippen LogP contribution in [0, 0.1) is 0 Å². The molecule has 1 aliphatic heterocycles. The van der Waals surface area contributed by atoms with E-state index in [2.05, 4.69) is 5.32 Å². The van der Waals surface area contributed by atoms with Crippen molar-refractivity contribution >= 4 is 12.0 Å². The summed E-state index contributed by atoms with van der Waals surface area (Å²) in [5.74, 6) is -0.925. The van der Waals surface area contributed by atoms with Crippen molar-refractivity contribution in [2.24, 2.45) is 0 Å². The summed E-state index contributed by atoms with van der Waals surface area (Å²) in [6.07, 6.45) is 2.25. The number of hydrogen-bond donors (Lipinski definition) is 2. The van der Waals surface area contributed by atoms with E-state index >= 15 is 0 Å². The number of nitrogens with zero attached hydrogens (tertiary/aromatic N) is 1. The number of carbonyl (C=O) groups is 2. The first-order chi connectivity index (χ1) is 7.38. The summed E-state index contributed by atoms with van der Waals surface area (Å²) in [7, 11) is 0. The van der Waals surface area contributed by atoms with Crippen molar-refractivity contribution in [1.29, 1.82) is 0 Å². The predicted molar refractivity (Wildman–Crippen MR) is 60.3 cm³/mol. The first-order valence-electron chi connectivity index (χ1n) is 5.69. The molecule has 1 atom stereocenters. The molecule has 0 aromatic heterocycles. The van der Waals surface area contributed by atoms with E-state index in [9.17, 15) is 14.7 Å². The van der Waals surface area contributed by atoms with Crippen LogP contribution in [0.2, 0.25) is 0 Å². The number of urea groups is 1. The van der Waals surface area contributed by atoms with Crippen molar-refractivity contribution in [3.63, 3.8) is 0 Å². The van der Waals surface area contributed by atoms with Crippen LogP contribution in [0.1, 0.15) is 40.0 Å². The van der Waals surface area contributed by atoms with Crippen molar-refractivity contribution in [1.82, 2.24) is 10.2 Å². The number of rotatable bonds is 2. The third kappa shape index (κ3) is 2.46. The molecular formula is C11H20N2O3. The lowest BCUT2D eigenvalue weighted by Gasteiger charge is -2.41. The van der Waals surface area contributed by atoms with Crippen LogP contribution in [0.15, 0.2) is 0 Å². The van der Waals surface area contributed by atoms with Crippen molar-refractivity contribution in [2.45, 2.75) is 51.6 Å². The average Bonchev–Trinajstić information content (AvgIpc) is 2.16. The molecule has 2 amide bonds. The predicted octanol–water partition coefficient (Wildman–Crippen LogP) is 1.43. The van der Waals surface area contributed by atoms with Gasteiger partial charge in [0.2, 0.25) is 0 Å². The van der Waals surface area contributed by atoms with E-state index < -0.39 is 11.5 Å². The molecular weight excluding hydrogens is 208 g/mol. The number of aliphatic carboxylic acids is 1. The summed E-state index contributed by atoms with van der Waals surface area (Å²) >= 11 is 0. The third-order valence-corrected chi connectivity index (χ3v) is 3.01. The molecule has 92 valence electrons. The molecule has 0 spiro atoms. The lowest BCUT2D eigenvalue weighted by Crippen LogP contribution is -2.60. The Kier molecular flexibility index (Phi) is 3.78. The van der Waals surface area contributed by atoms with Gasteiger partial charge in [0, 0.05) is 12.6 Å². The molecule has 1 heterocycles. The lowest BCUT2D eigenvalue weighted by molar-refractivity contribution is -0.150. The molecule has 0 bridgehead atoms. The van der Waals surface area contributed by atoms with Crippen LogP contribution < -0.4 is 5.32 Å². The van der Waals surface area contributed by atoms with Crippen LogP contribution in [0.25, 0.3) is 0 Å². The largest absolute Gasteiger partial charge is 0.480 e. The quantitative estimate of drug-likeness (QED) is 0.751. The molecule has 5 nitrogen and oxygen atoms in total. The Hall–Kier alpha value is -1.26. The van der Waals surface area contributed by atoms with E-state index in [1.165, 1.54) is 4.90 Å². The second-order valence-corrected chi connectivity index (χ2v) is 4.79. The zero-order valence-corrected chi connectivity index (χ0v) is 10.1. The van der Waals surface area contributed by atoms with Gasteiger partial charge in [-0.2, -0.15) is 0 Å². The maximum Gasteiger partial charge on any atom is 0.329 e. The molecule has 0 aliphatic carbocycles.